The van der Waals surface area contributed by atoms with Crippen molar-refractivity contribution in [2.75, 3.05) is 26.8 Å². The summed E-state index contributed by atoms with van der Waals surface area (Å²) in [7, 11) is 1.68. The van der Waals surface area contributed by atoms with Gasteiger partial charge in [0.1, 0.15) is 5.82 Å². The van der Waals surface area contributed by atoms with E-state index in [1.165, 1.54) is 0 Å². The molecule has 22 heavy (non-hydrogen) atoms. The third-order valence-electron chi connectivity index (χ3n) is 4.11. The van der Waals surface area contributed by atoms with Gasteiger partial charge >= 0.3 is 0 Å². The maximum absolute atomic E-state index is 11.1. The van der Waals surface area contributed by atoms with Crippen LogP contribution >= 0.6 is 0 Å². The van der Waals surface area contributed by atoms with E-state index in [0.717, 1.165) is 49.4 Å². The van der Waals surface area contributed by atoms with Gasteiger partial charge in [-0.15, -0.1) is 0 Å². The number of carbonyl (C=O) groups excluding carboxylic acids is 1. The van der Waals surface area contributed by atoms with Crippen LogP contribution in [0.15, 0.2) is 30.5 Å². The maximum atomic E-state index is 11.1. The summed E-state index contributed by atoms with van der Waals surface area (Å²) in [6.45, 7) is 2.17. The molecular formula is C17H21N3O2. The fraction of sp³-hybridized carbons (Fsp3) is 0.412. The van der Waals surface area contributed by atoms with E-state index < -0.39 is 0 Å². The van der Waals surface area contributed by atoms with Crippen molar-refractivity contribution in [2.24, 2.45) is 0 Å². The summed E-state index contributed by atoms with van der Waals surface area (Å²) in [5, 5.41) is 0. The number of methoxy groups -OCH3 is 1. The molecule has 3 rings (SSSR count). The minimum absolute atomic E-state index is 0.290. The number of nitrogens with zero attached hydrogens (tertiary/aromatic N) is 3. The second-order valence-corrected chi connectivity index (χ2v) is 5.61. The van der Waals surface area contributed by atoms with E-state index in [9.17, 15) is 4.79 Å². The van der Waals surface area contributed by atoms with Crippen molar-refractivity contribution in [1.82, 2.24) is 14.3 Å². The minimum Gasteiger partial charge on any atom is -0.381 e. The van der Waals surface area contributed by atoms with E-state index in [2.05, 4.69) is 10.5 Å². The van der Waals surface area contributed by atoms with Crippen LogP contribution < -0.4 is 0 Å². The lowest BCUT2D eigenvalue weighted by molar-refractivity contribution is -0.119. The number of hydrogen-bond acceptors (Lipinski definition) is 3. The highest BCUT2D eigenvalue weighted by Gasteiger charge is 2.24. The lowest BCUT2D eigenvalue weighted by Gasteiger charge is -2.29. The number of fused-ring (bicyclic) bond motifs is 1. The van der Waals surface area contributed by atoms with E-state index >= 15 is 0 Å². The van der Waals surface area contributed by atoms with E-state index in [1.807, 2.05) is 35.4 Å². The molecule has 5 nitrogen and oxygen atoms in total. The fourth-order valence-electron chi connectivity index (χ4n) is 3.07. The number of imidazole rings is 1. The zero-order chi connectivity index (χ0) is 15.4. The van der Waals surface area contributed by atoms with Gasteiger partial charge < -0.3 is 14.0 Å². The van der Waals surface area contributed by atoms with Crippen LogP contribution in [0, 0.1) is 0 Å². The average Bonchev–Trinajstić information content (AvgIpc) is 2.94. The quantitative estimate of drug-likeness (QED) is 0.796. The number of carbonyl (C=O) groups is 1. The molecule has 0 bridgehead atoms. The Morgan fingerprint density at radius 2 is 2.36 bits per heavy atom. The zero-order valence-corrected chi connectivity index (χ0v) is 12.8. The number of rotatable bonds is 5. The summed E-state index contributed by atoms with van der Waals surface area (Å²) in [4.78, 5) is 17.7. The van der Waals surface area contributed by atoms with Crippen molar-refractivity contribution in [1.29, 1.82) is 0 Å². The van der Waals surface area contributed by atoms with Crippen LogP contribution in [-0.2, 0) is 9.53 Å². The van der Waals surface area contributed by atoms with Crippen LogP contribution in [0.1, 0.15) is 30.3 Å². The number of hydrogen-bond donors (Lipinski definition) is 0. The lowest BCUT2D eigenvalue weighted by Crippen LogP contribution is -2.33. The highest BCUT2D eigenvalue weighted by atomic mass is 16.5. The van der Waals surface area contributed by atoms with Crippen molar-refractivity contribution >= 4 is 18.0 Å². The number of aromatic nitrogens is 2. The van der Waals surface area contributed by atoms with Gasteiger partial charge in [0.2, 0.25) is 6.41 Å². The molecule has 116 valence electrons. The van der Waals surface area contributed by atoms with Crippen molar-refractivity contribution in [3.63, 3.8) is 0 Å². The second kappa shape index (κ2) is 6.75. The van der Waals surface area contributed by atoms with E-state index in [-0.39, 0.29) is 0 Å². The van der Waals surface area contributed by atoms with Crippen LogP contribution in [0.4, 0.5) is 0 Å². The molecule has 1 unspecified atom stereocenters. The molecule has 1 aliphatic heterocycles. The Hall–Kier alpha value is -2.14. The van der Waals surface area contributed by atoms with E-state index in [1.54, 1.807) is 7.11 Å². The average molecular weight is 299 g/mol. The zero-order valence-electron chi connectivity index (χ0n) is 12.8. The highest BCUT2D eigenvalue weighted by Crippen LogP contribution is 2.28. The topological polar surface area (TPSA) is 46.8 Å². The molecule has 1 amide bonds. The SMILES string of the molecule is COC/C=C/c1nc(C2CCCN(C=O)C2)n2ccccc12. The van der Waals surface area contributed by atoms with Gasteiger partial charge in [-0.05, 0) is 31.1 Å². The molecule has 0 aromatic carbocycles. The largest absolute Gasteiger partial charge is 0.381 e. The Kier molecular flexibility index (Phi) is 4.53. The van der Waals surface area contributed by atoms with Gasteiger partial charge in [-0.1, -0.05) is 12.1 Å². The number of amides is 1. The summed E-state index contributed by atoms with van der Waals surface area (Å²) in [5.41, 5.74) is 2.05. The summed E-state index contributed by atoms with van der Waals surface area (Å²) in [6.07, 6.45) is 9.06. The number of ether oxygens (including phenoxy) is 1. The van der Waals surface area contributed by atoms with Gasteiger partial charge in [0.05, 0.1) is 17.8 Å². The lowest BCUT2D eigenvalue weighted by atomic mass is 9.98. The Morgan fingerprint density at radius 1 is 1.45 bits per heavy atom. The summed E-state index contributed by atoms with van der Waals surface area (Å²) in [5.74, 6) is 1.33. The molecule has 1 atom stereocenters. The van der Waals surface area contributed by atoms with Crippen LogP contribution in [0.25, 0.3) is 11.6 Å². The van der Waals surface area contributed by atoms with Gasteiger partial charge in [0, 0.05) is 32.3 Å². The standard InChI is InChI=1S/C17H21N3O2/c1-22-11-5-7-15-16-8-2-3-10-20(16)17(18-15)14-6-4-9-19(12-14)13-21/h2-3,5,7-8,10,13-14H,4,6,9,11-12H2,1H3/b7-5+. The maximum Gasteiger partial charge on any atom is 0.209 e. The monoisotopic (exact) mass is 299 g/mol. The Bertz CT molecular complexity index is 678. The molecule has 5 heteroatoms. The first-order valence-corrected chi connectivity index (χ1v) is 7.65. The second-order valence-electron chi connectivity index (χ2n) is 5.61. The molecule has 0 spiro atoms. The molecule has 2 aromatic heterocycles. The van der Waals surface area contributed by atoms with Gasteiger partial charge in [-0.25, -0.2) is 4.98 Å². The van der Waals surface area contributed by atoms with Crippen LogP contribution in [0.3, 0.4) is 0 Å². The van der Waals surface area contributed by atoms with Gasteiger partial charge in [-0.3, -0.25) is 4.79 Å². The molecule has 0 radical (unpaired) electrons. The summed E-state index contributed by atoms with van der Waals surface area (Å²) >= 11 is 0. The number of likely N-dealkylation sites (tertiary alicyclic amines) is 1. The van der Waals surface area contributed by atoms with Gasteiger partial charge in [0.25, 0.3) is 0 Å². The molecule has 0 saturated carbocycles. The molecule has 2 aromatic rings. The molecule has 3 heterocycles. The number of piperidine rings is 1. The van der Waals surface area contributed by atoms with E-state index in [4.69, 9.17) is 9.72 Å². The van der Waals surface area contributed by atoms with Crippen molar-refractivity contribution in [3.05, 3.63) is 42.0 Å². The van der Waals surface area contributed by atoms with Gasteiger partial charge in [-0.2, -0.15) is 0 Å². The normalized spacial score (nSPS) is 19.1. The van der Waals surface area contributed by atoms with Crippen molar-refractivity contribution in [3.8, 4) is 0 Å². The first-order valence-electron chi connectivity index (χ1n) is 7.65. The summed E-state index contributed by atoms with van der Waals surface area (Å²) < 4.78 is 7.20. The Balaban J connectivity index is 1.97. The van der Waals surface area contributed by atoms with Crippen LogP contribution in [-0.4, -0.2) is 47.5 Å². The molecule has 0 N–H and O–H groups in total. The van der Waals surface area contributed by atoms with Gasteiger partial charge in [0.15, 0.2) is 0 Å². The smallest absolute Gasteiger partial charge is 0.209 e. The first kappa shape index (κ1) is 14.8. The summed E-state index contributed by atoms with van der Waals surface area (Å²) in [6, 6.07) is 6.11. The van der Waals surface area contributed by atoms with E-state index in [0.29, 0.717) is 12.5 Å². The fourth-order valence-corrected chi connectivity index (χ4v) is 3.07. The molecule has 1 saturated heterocycles. The molecule has 0 aliphatic carbocycles. The van der Waals surface area contributed by atoms with Crippen molar-refractivity contribution in [2.45, 2.75) is 18.8 Å². The number of pyridine rings is 1. The van der Waals surface area contributed by atoms with Crippen LogP contribution in [0.2, 0.25) is 0 Å². The minimum atomic E-state index is 0.290. The van der Waals surface area contributed by atoms with Crippen molar-refractivity contribution < 1.29 is 9.53 Å². The molecular weight excluding hydrogens is 278 g/mol. The third kappa shape index (κ3) is 2.90. The predicted molar refractivity (Wildman–Crippen MR) is 85.7 cm³/mol. The third-order valence-corrected chi connectivity index (χ3v) is 4.11. The predicted octanol–water partition coefficient (Wildman–Crippen LogP) is 2.33. The highest BCUT2D eigenvalue weighted by molar-refractivity contribution is 5.67. The Morgan fingerprint density at radius 3 is 3.18 bits per heavy atom. The van der Waals surface area contributed by atoms with Crippen LogP contribution in [0.5, 0.6) is 0 Å². The first-order chi connectivity index (χ1) is 10.8. The molecule has 1 fully saturated rings. The Labute approximate surface area is 130 Å². The molecule has 1 aliphatic rings.